The molecule has 0 saturated heterocycles. The Morgan fingerprint density at radius 2 is 2.00 bits per heavy atom. The Balaban J connectivity index is 2.25. The highest BCUT2D eigenvalue weighted by molar-refractivity contribution is 5.42. The third kappa shape index (κ3) is 2.07. The fourth-order valence-corrected chi connectivity index (χ4v) is 2.34. The van der Waals surface area contributed by atoms with E-state index < -0.39 is 0 Å². The van der Waals surface area contributed by atoms with Gasteiger partial charge < -0.3 is 10.5 Å². The van der Waals surface area contributed by atoms with E-state index in [9.17, 15) is 0 Å². The Morgan fingerprint density at radius 1 is 1.31 bits per heavy atom. The fourth-order valence-electron chi connectivity index (χ4n) is 2.34. The van der Waals surface area contributed by atoms with Crippen molar-refractivity contribution in [2.75, 3.05) is 7.11 Å². The van der Waals surface area contributed by atoms with Crippen LogP contribution < -0.4 is 10.5 Å². The molecule has 1 aliphatic rings. The van der Waals surface area contributed by atoms with Gasteiger partial charge in [0.2, 0.25) is 0 Å². The first-order valence-electron chi connectivity index (χ1n) is 6.05. The molecule has 1 saturated carbocycles. The number of hydrogen-bond donors (Lipinski definition) is 1. The molecule has 0 radical (unpaired) electrons. The summed E-state index contributed by atoms with van der Waals surface area (Å²) >= 11 is 0. The number of rotatable bonds is 3. The molecule has 0 aromatic heterocycles. The van der Waals surface area contributed by atoms with Gasteiger partial charge in [-0.1, -0.05) is 26.0 Å². The van der Waals surface area contributed by atoms with Crippen LogP contribution in [0.4, 0.5) is 0 Å². The molecule has 0 atom stereocenters. The summed E-state index contributed by atoms with van der Waals surface area (Å²) in [7, 11) is 1.75. The van der Waals surface area contributed by atoms with Crippen LogP contribution in [0.3, 0.4) is 0 Å². The number of ether oxygens (including phenoxy) is 1. The van der Waals surface area contributed by atoms with Gasteiger partial charge in [-0.3, -0.25) is 0 Å². The van der Waals surface area contributed by atoms with E-state index in [0.29, 0.717) is 17.9 Å². The van der Waals surface area contributed by atoms with Crippen LogP contribution in [0.1, 0.15) is 49.7 Å². The molecule has 0 amide bonds. The zero-order valence-electron chi connectivity index (χ0n) is 10.4. The van der Waals surface area contributed by atoms with Crippen LogP contribution in [-0.2, 0) is 0 Å². The van der Waals surface area contributed by atoms with Crippen LogP contribution >= 0.6 is 0 Å². The van der Waals surface area contributed by atoms with Crippen molar-refractivity contribution in [3.05, 3.63) is 29.3 Å². The quantitative estimate of drug-likeness (QED) is 0.848. The number of benzene rings is 1. The standard InChI is InChI=1S/C14H21NO/c1-9(2)10-4-5-13(14(8-10)16-3)11-6-12(15)7-11/h4-5,8-9,11-12H,6-7,15H2,1-3H3. The summed E-state index contributed by atoms with van der Waals surface area (Å²) in [5, 5.41) is 0. The molecule has 16 heavy (non-hydrogen) atoms. The Labute approximate surface area is 97.8 Å². The molecule has 0 aliphatic heterocycles. The van der Waals surface area contributed by atoms with Gasteiger partial charge in [-0.05, 0) is 41.9 Å². The van der Waals surface area contributed by atoms with Crippen molar-refractivity contribution in [1.29, 1.82) is 0 Å². The molecular formula is C14H21NO. The predicted molar refractivity (Wildman–Crippen MR) is 67.0 cm³/mol. The molecule has 1 aromatic rings. The van der Waals surface area contributed by atoms with E-state index in [-0.39, 0.29) is 0 Å². The topological polar surface area (TPSA) is 35.2 Å². The maximum atomic E-state index is 5.84. The van der Waals surface area contributed by atoms with Crippen LogP contribution in [0, 0.1) is 0 Å². The highest BCUT2D eigenvalue weighted by atomic mass is 16.5. The summed E-state index contributed by atoms with van der Waals surface area (Å²) in [6, 6.07) is 6.99. The second kappa shape index (κ2) is 4.46. The van der Waals surface area contributed by atoms with Crippen molar-refractivity contribution in [2.24, 2.45) is 5.73 Å². The van der Waals surface area contributed by atoms with E-state index in [1.54, 1.807) is 7.11 Å². The van der Waals surface area contributed by atoms with Crippen LogP contribution in [0.2, 0.25) is 0 Å². The van der Waals surface area contributed by atoms with Gasteiger partial charge in [0.25, 0.3) is 0 Å². The van der Waals surface area contributed by atoms with Crippen molar-refractivity contribution in [3.8, 4) is 5.75 Å². The lowest BCUT2D eigenvalue weighted by atomic mass is 9.75. The van der Waals surface area contributed by atoms with Crippen molar-refractivity contribution in [3.63, 3.8) is 0 Å². The average molecular weight is 219 g/mol. The predicted octanol–water partition coefficient (Wildman–Crippen LogP) is 3.02. The lowest BCUT2D eigenvalue weighted by Crippen LogP contribution is -2.34. The second-order valence-electron chi connectivity index (χ2n) is 5.08. The van der Waals surface area contributed by atoms with Gasteiger partial charge in [-0.2, -0.15) is 0 Å². The Kier molecular flexibility index (Phi) is 3.20. The monoisotopic (exact) mass is 219 g/mol. The van der Waals surface area contributed by atoms with Crippen molar-refractivity contribution < 1.29 is 4.74 Å². The minimum atomic E-state index is 0.388. The first-order chi connectivity index (χ1) is 7.61. The molecule has 0 heterocycles. The summed E-state index contributed by atoms with van der Waals surface area (Å²) in [6.45, 7) is 4.40. The number of hydrogen-bond acceptors (Lipinski definition) is 2. The lowest BCUT2D eigenvalue weighted by molar-refractivity contribution is 0.333. The van der Waals surface area contributed by atoms with Gasteiger partial charge in [0.15, 0.2) is 0 Å². The summed E-state index contributed by atoms with van der Waals surface area (Å²) in [5.41, 5.74) is 8.50. The van der Waals surface area contributed by atoms with Crippen LogP contribution in [0.25, 0.3) is 0 Å². The summed E-state index contributed by atoms with van der Waals surface area (Å²) in [5.74, 6) is 2.18. The Morgan fingerprint density at radius 3 is 2.50 bits per heavy atom. The highest BCUT2D eigenvalue weighted by Gasteiger charge is 2.29. The molecular weight excluding hydrogens is 198 g/mol. The van der Waals surface area contributed by atoms with Crippen molar-refractivity contribution >= 4 is 0 Å². The summed E-state index contributed by atoms with van der Waals surface area (Å²) in [6.07, 6.45) is 2.19. The van der Waals surface area contributed by atoms with Crippen LogP contribution in [-0.4, -0.2) is 13.2 Å². The molecule has 88 valence electrons. The second-order valence-corrected chi connectivity index (χ2v) is 5.08. The molecule has 2 heteroatoms. The molecule has 0 bridgehead atoms. The highest BCUT2D eigenvalue weighted by Crippen LogP contribution is 2.41. The third-order valence-corrected chi connectivity index (χ3v) is 3.54. The van der Waals surface area contributed by atoms with E-state index in [1.165, 1.54) is 11.1 Å². The van der Waals surface area contributed by atoms with E-state index in [1.807, 2.05) is 0 Å². The first kappa shape index (κ1) is 11.5. The minimum Gasteiger partial charge on any atom is -0.496 e. The van der Waals surface area contributed by atoms with Crippen LogP contribution in [0.15, 0.2) is 18.2 Å². The number of methoxy groups -OCH3 is 1. The average Bonchev–Trinajstić information content (AvgIpc) is 2.24. The molecule has 2 nitrogen and oxygen atoms in total. The minimum absolute atomic E-state index is 0.388. The number of nitrogens with two attached hydrogens (primary N) is 1. The van der Waals surface area contributed by atoms with E-state index in [0.717, 1.165) is 18.6 Å². The van der Waals surface area contributed by atoms with Crippen LogP contribution in [0.5, 0.6) is 5.75 Å². The van der Waals surface area contributed by atoms with E-state index >= 15 is 0 Å². The molecule has 1 aromatic carbocycles. The molecule has 2 rings (SSSR count). The molecule has 2 N–H and O–H groups in total. The van der Waals surface area contributed by atoms with Gasteiger partial charge in [0.05, 0.1) is 7.11 Å². The summed E-state index contributed by atoms with van der Waals surface area (Å²) in [4.78, 5) is 0. The van der Waals surface area contributed by atoms with Gasteiger partial charge in [-0.25, -0.2) is 0 Å². The Bertz CT molecular complexity index is 367. The van der Waals surface area contributed by atoms with E-state index in [4.69, 9.17) is 10.5 Å². The Hall–Kier alpha value is -1.02. The van der Waals surface area contributed by atoms with Gasteiger partial charge in [0, 0.05) is 6.04 Å². The molecule has 0 unspecified atom stereocenters. The first-order valence-corrected chi connectivity index (χ1v) is 6.05. The largest absolute Gasteiger partial charge is 0.496 e. The van der Waals surface area contributed by atoms with Gasteiger partial charge >= 0.3 is 0 Å². The molecule has 1 aliphatic carbocycles. The smallest absolute Gasteiger partial charge is 0.122 e. The SMILES string of the molecule is COc1cc(C(C)C)ccc1C1CC(N)C1. The maximum Gasteiger partial charge on any atom is 0.122 e. The summed E-state index contributed by atoms with van der Waals surface area (Å²) < 4.78 is 5.49. The molecule has 1 fully saturated rings. The fraction of sp³-hybridized carbons (Fsp3) is 0.571. The van der Waals surface area contributed by atoms with Crippen molar-refractivity contribution in [1.82, 2.24) is 0 Å². The lowest BCUT2D eigenvalue weighted by Gasteiger charge is -2.33. The van der Waals surface area contributed by atoms with Gasteiger partial charge in [0.1, 0.15) is 5.75 Å². The van der Waals surface area contributed by atoms with E-state index in [2.05, 4.69) is 32.0 Å². The zero-order chi connectivity index (χ0) is 11.7. The molecule has 0 spiro atoms. The normalized spacial score (nSPS) is 24.3. The van der Waals surface area contributed by atoms with Crippen molar-refractivity contribution in [2.45, 2.75) is 44.6 Å². The zero-order valence-corrected chi connectivity index (χ0v) is 10.4. The maximum absolute atomic E-state index is 5.84. The third-order valence-electron chi connectivity index (χ3n) is 3.54. The van der Waals surface area contributed by atoms with Gasteiger partial charge in [-0.15, -0.1) is 0 Å².